The predicted octanol–water partition coefficient (Wildman–Crippen LogP) is 2.92. The van der Waals surface area contributed by atoms with Crippen LogP contribution in [0.25, 0.3) is 0 Å². The predicted molar refractivity (Wildman–Crippen MR) is 74.0 cm³/mol. The molecule has 0 fully saturated rings. The van der Waals surface area contributed by atoms with Gasteiger partial charge in [-0.3, -0.25) is 0 Å². The molecule has 0 aromatic heterocycles. The van der Waals surface area contributed by atoms with E-state index < -0.39 is 0 Å². The van der Waals surface area contributed by atoms with E-state index in [1.807, 2.05) is 0 Å². The van der Waals surface area contributed by atoms with Gasteiger partial charge >= 0.3 is 0 Å². The van der Waals surface area contributed by atoms with E-state index in [9.17, 15) is 0 Å². The molecule has 0 aliphatic heterocycles. The topological polar surface area (TPSA) is 44.5 Å². The van der Waals surface area contributed by atoms with Gasteiger partial charge < -0.3 is 15.2 Å². The fourth-order valence-electron chi connectivity index (χ4n) is 1.94. The zero-order valence-electron chi connectivity index (χ0n) is 10.7. The van der Waals surface area contributed by atoms with Crippen LogP contribution in [-0.4, -0.2) is 20.8 Å². The van der Waals surface area contributed by atoms with Crippen LogP contribution in [-0.2, 0) is 12.8 Å². The Hall–Kier alpha value is -0.740. The SMILES string of the molecule is CCc1c(CCCN)cc(OC)c(OC)c1Br. The van der Waals surface area contributed by atoms with Crippen LogP contribution >= 0.6 is 15.9 Å². The molecule has 0 atom stereocenters. The molecular weight excluding hydrogens is 282 g/mol. The molecule has 0 unspecified atom stereocenters. The standard InChI is InChI=1S/C13H20BrNO2/c1-4-10-9(6-5-7-15)8-11(16-2)13(17-3)12(10)14/h8H,4-7,15H2,1-3H3. The normalized spacial score (nSPS) is 10.4. The van der Waals surface area contributed by atoms with Crippen molar-refractivity contribution in [3.63, 3.8) is 0 Å². The van der Waals surface area contributed by atoms with Crippen LogP contribution in [0.1, 0.15) is 24.5 Å². The zero-order chi connectivity index (χ0) is 12.8. The van der Waals surface area contributed by atoms with Crippen LogP contribution in [0.5, 0.6) is 11.5 Å². The summed E-state index contributed by atoms with van der Waals surface area (Å²) in [5.41, 5.74) is 8.12. The molecule has 0 aliphatic carbocycles. The average Bonchev–Trinajstić information content (AvgIpc) is 2.35. The molecule has 0 bridgehead atoms. The van der Waals surface area contributed by atoms with Gasteiger partial charge in [0.05, 0.1) is 18.7 Å². The minimum atomic E-state index is 0.703. The smallest absolute Gasteiger partial charge is 0.175 e. The molecular formula is C13H20BrNO2. The summed E-state index contributed by atoms with van der Waals surface area (Å²) in [5.74, 6) is 1.53. The lowest BCUT2D eigenvalue weighted by atomic mass is 10.00. The second-order valence-corrected chi connectivity index (χ2v) is 4.60. The fourth-order valence-corrected chi connectivity index (χ4v) is 2.83. The van der Waals surface area contributed by atoms with Crippen molar-refractivity contribution in [1.82, 2.24) is 0 Å². The molecule has 0 spiro atoms. The Labute approximate surface area is 111 Å². The van der Waals surface area contributed by atoms with Crippen molar-refractivity contribution in [3.05, 3.63) is 21.7 Å². The first-order chi connectivity index (χ1) is 8.19. The van der Waals surface area contributed by atoms with Crippen LogP contribution in [0.4, 0.5) is 0 Å². The Morgan fingerprint density at radius 1 is 1.29 bits per heavy atom. The van der Waals surface area contributed by atoms with Crippen LogP contribution in [0.3, 0.4) is 0 Å². The number of rotatable bonds is 6. The maximum Gasteiger partial charge on any atom is 0.175 e. The molecule has 1 aromatic carbocycles. The molecule has 17 heavy (non-hydrogen) atoms. The molecule has 3 nitrogen and oxygen atoms in total. The Morgan fingerprint density at radius 3 is 2.47 bits per heavy atom. The number of benzene rings is 1. The van der Waals surface area contributed by atoms with Crippen molar-refractivity contribution in [2.75, 3.05) is 20.8 Å². The molecule has 96 valence electrons. The van der Waals surface area contributed by atoms with E-state index in [1.54, 1.807) is 14.2 Å². The van der Waals surface area contributed by atoms with Crippen molar-refractivity contribution in [2.45, 2.75) is 26.2 Å². The first-order valence-electron chi connectivity index (χ1n) is 5.81. The first-order valence-corrected chi connectivity index (χ1v) is 6.61. The van der Waals surface area contributed by atoms with Crippen LogP contribution in [0, 0.1) is 0 Å². The van der Waals surface area contributed by atoms with E-state index in [2.05, 4.69) is 28.9 Å². The molecule has 0 saturated heterocycles. The van der Waals surface area contributed by atoms with Gasteiger partial charge in [-0.05, 0) is 58.9 Å². The summed E-state index contributed by atoms with van der Waals surface area (Å²) in [6.07, 6.45) is 2.91. The summed E-state index contributed by atoms with van der Waals surface area (Å²) >= 11 is 3.60. The van der Waals surface area contributed by atoms with Gasteiger partial charge in [-0.1, -0.05) is 6.92 Å². The highest BCUT2D eigenvalue weighted by atomic mass is 79.9. The summed E-state index contributed by atoms with van der Waals surface area (Å²) in [6.45, 7) is 2.84. The molecule has 1 aromatic rings. The third kappa shape index (κ3) is 3.13. The van der Waals surface area contributed by atoms with E-state index in [0.717, 1.165) is 35.2 Å². The third-order valence-corrected chi connectivity index (χ3v) is 3.65. The van der Waals surface area contributed by atoms with Gasteiger partial charge in [0.15, 0.2) is 11.5 Å². The second kappa shape index (κ2) is 6.87. The van der Waals surface area contributed by atoms with Gasteiger partial charge in [0.25, 0.3) is 0 Å². The number of nitrogens with two attached hydrogens (primary N) is 1. The highest BCUT2D eigenvalue weighted by Crippen LogP contribution is 2.40. The van der Waals surface area contributed by atoms with E-state index >= 15 is 0 Å². The van der Waals surface area contributed by atoms with E-state index in [4.69, 9.17) is 15.2 Å². The molecule has 0 radical (unpaired) electrons. The number of hydrogen-bond acceptors (Lipinski definition) is 3. The summed E-state index contributed by atoms with van der Waals surface area (Å²) in [7, 11) is 3.31. The van der Waals surface area contributed by atoms with Gasteiger partial charge in [0.1, 0.15) is 0 Å². The maximum absolute atomic E-state index is 5.56. The Balaban J connectivity index is 3.24. The summed E-state index contributed by atoms with van der Waals surface area (Å²) < 4.78 is 11.7. The highest BCUT2D eigenvalue weighted by Gasteiger charge is 2.16. The number of halogens is 1. The van der Waals surface area contributed by atoms with E-state index in [1.165, 1.54) is 11.1 Å². The molecule has 0 saturated carbocycles. The lowest BCUT2D eigenvalue weighted by molar-refractivity contribution is 0.352. The van der Waals surface area contributed by atoms with Crippen molar-refractivity contribution in [2.24, 2.45) is 5.73 Å². The van der Waals surface area contributed by atoms with E-state index in [-0.39, 0.29) is 0 Å². The molecule has 4 heteroatoms. The molecule has 2 N–H and O–H groups in total. The largest absolute Gasteiger partial charge is 0.493 e. The number of hydrogen-bond donors (Lipinski definition) is 1. The third-order valence-electron chi connectivity index (χ3n) is 2.81. The van der Waals surface area contributed by atoms with Gasteiger partial charge in [-0.2, -0.15) is 0 Å². The van der Waals surface area contributed by atoms with Gasteiger partial charge in [0.2, 0.25) is 0 Å². The van der Waals surface area contributed by atoms with Crippen LogP contribution < -0.4 is 15.2 Å². The lowest BCUT2D eigenvalue weighted by Crippen LogP contribution is -2.04. The van der Waals surface area contributed by atoms with Crippen molar-refractivity contribution < 1.29 is 9.47 Å². The molecule has 0 heterocycles. The number of ether oxygens (including phenoxy) is 2. The van der Waals surface area contributed by atoms with E-state index in [0.29, 0.717) is 6.54 Å². The second-order valence-electron chi connectivity index (χ2n) is 3.81. The average molecular weight is 302 g/mol. The minimum Gasteiger partial charge on any atom is -0.493 e. The summed E-state index contributed by atoms with van der Waals surface area (Å²) in [6, 6.07) is 2.05. The molecule has 0 amide bonds. The van der Waals surface area contributed by atoms with Crippen LogP contribution in [0.2, 0.25) is 0 Å². The Morgan fingerprint density at radius 2 is 2.00 bits per heavy atom. The van der Waals surface area contributed by atoms with Crippen LogP contribution in [0.15, 0.2) is 10.5 Å². The molecule has 0 aliphatic rings. The quantitative estimate of drug-likeness (QED) is 0.878. The van der Waals surface area contributed by atoms with Crippen molar-refractivity contribution in [3.8, 4) is 11.5 Å². The lowest BCUT2D eigenvalue weighted by Gasteiger charge is -2.16. The van der Waals surface area contributed by atoms with Gasteiger partial charge in [-0.15, -0.1) is 0 Å². The van der Waals surface area contributed by atoms with Crippen molar-refractivity contribution >= 4 is 15.9 Å². The minimum absolute atomic E-state index is 0.703. The maximum atomic E-state index is 5.56. The Bertz CT molecular complexity index is 380. The number of methoxy groups -OCH3 is 2. The van der Waals surface area contributed by atoms with Crippen molar-refractivity contribution in [1.29, 1.82) is 0 Å². The number of aryl methyl sites for hydroxylation is 1. The van der Waals surface area contributed by atoms with Gasteiger partial charge in [-0.25, -0.2) is 0 Å². The Kier molecular flexibility index (Phi) is 5.78. The highest BCUT2D eigenvalue weighted by molar-refractivity contribution is 9.10. The zero-order valence-corrected chi connectivity index (χ0v) is 12.3. The summed E-state index contributed by atoms with van der Waals surface area (Å²) in [4.78, 5) is 0. The van der Waals surface area contributed by atoms with Gasteiger partial charge in [0, 0.05) is 0 Å². The first kappa shape index (κ1) is 14.3. The molecule has 1 rings (SSSR count). The summed E-state index contributed by atoms with van der Waals surface area (Å²) in [5, 5.41) is 0. The monoisotopic (exact) mass is 301 g/mol. The fraction of sp³-hybridized carbons (Fsp3) is 0.538.